The second-order valence-corrected chi connectivity index (χ2v) is 6.91. The van der Waals surface area contributed by atoms with Gasteiger partial charge >= 0.3 is 17.9 Å². The Balaban J connectivity index is 3.19. The molecule has 0 bridgehead atoms. The van der Waals surface area contributed by atoms with Crippen LogP contribution in [0.5, 0.6) is 0 Å². The van der Waals surface area contributed by atoms with Crippen LogP contribution in [0.15, 0.2) is 30.4 Å². The van der Waals surface area contributed by atoms with Gasteiger partial charge in [-0.2, -0.15) is 0 Å². The number of rotatable bonds is 7. The van der Waals surface area contributed by atoms with Crippen LogP contribution in [0.25, 0.3) is 0 Å². The molecule has 1 aromatic rings. The zero-order valence-electron chi connectivity index (χ0n) is 15.7. The van der Waals surface area contributed by atoms with E-state index in [0.717, 1.165) is 6.07 Å². The van der Waals surface area contributed by atoms with Crippen LogP contribution < -0.4 is 0 Å². The minimum Gasteiger partial charge on any atom is -0.478 e. The topological polar surface area (TPSA) is 121 Å². The van der Waals surface area contributed by atoms with Gasteiger partial charge in [-0.15, -0.1) is 0 Å². The third kappa shape index (κ3) is 5.67. The summed E-state index contributed by atoms with van der Waals surface area (Å²) in [5.74, 6) is -3.91. The number of benzene rings is 1. The first kappa shape index (κ1) is 21.9. The van der Waals surface area contributed by atoms with Crippen LogP contribution in [-0.4, -0.2) is 57.6 Å². The number of esters is 1. The number of nitrogens with zero attached hydrogens (tertiary/aromatic N) is 1. The molecular weight excluding hydrogens is 354 g/mol. The predicted molar refractivity (Wildman–Crippen MR) is 96.9 cm³/mol. The molecule has 0 saturated heterocycles. The van der Waals surface area contributed by atoms with Gasteiger partial charge in [-0.3, -0.25) is 4.79 Å². The van der Waals surface area contributed by atoms with Gasteiger partial charge in [0.1, 0.15) is 6.61 Å². The molecular formula is C19H23NO7. The zero-order valence-corrected chi connectivity index (χ0v) is 15.7. The predicted octanol–water partition coefficient (Wildman–Crippen LogP) is 2.44. The van der Waals surface area contributed by atoms with Crippen LogP contribution in [0.4, 0.5) is 0 Å². The molecule has 0 aliphatic heterocycles. The van der Waals surface area contributed by atoms with Gasteiger partial charge in [0.15, 0.2) is 0 Å². The van der Waals surface area contributed by atoms with Crippen molar-refractivity contribution in [1.29, 1.82) is 0 Å². The highest BCUT2D eigenvalue weighted by Crippen LogP contribution is 2.21. The Morgan fingerprint density at radius 1 is 1.07 bits per heavy atom. The van der Waals surface area contributed by atoms with E-state index in [2.05, 4.69) is 6.58 Å². The Morgan fingerprint density at radius 2 is 1.67 bits per heavy atom. The third-order valence-electron chi connectivity index (χ3n) is 3.68. The summed E-state index contributed by atoms with van der Waals surface area (Å²) in [4.78, 5) is 48.4. The van der Waals surface area contributed by atoms with Crippen LogP contribution in [0.1, 0.15) is 58.8 Å². The van der Waals surface area contributed by atoms with Gasteiger partial charge < -0.3 is 19.8 Å². The van der Waals surface area contributed by atoms with E-state index in [0.29, 0.717) is 0 Å². The molecule has 0 spiro atoms. The van der Waals surface area contributed by atoms with Crippen molar-refractivity contribution in [3.05, 3.63) is 47.0 Å². The van der Waals surface area contributed by atoms with E-state index in [1.807, 2.05) is 0 Å². The first-order valence-electron chi connectivity index (χ1n) is 8.11. The molecule has 0 fully saturated rings. The van der Waals surface area contributed by atoms with Gasteiger partial charge in [-0.05, 0) is 45.9 Å². The van der Waals surface area contributed by atoms with Crippen LogP contribution in [0.3, 0.4) is 0 Å². The molecule has 0 aromatic heterocycles. The van der Waals surface area contributed by atoms with Crippen molar-refractivity contribution >= 4 is 23.8 Å². The Labute approximate surface area is 157 Å². The van der Waals surface area contributed by atoms with E-state index in [-0.39, 0.29) is 29.9 Å². The molecule has 1 rings (SSSR count). The average molecular weight is 377 g/mol. The second kappa shape index (κ2) is 8.48. The summed E-state index contributed by atoms with van der Waals surface area (Å²) in [6.07, 6.45) is 0. The Kier molecular flexibility index (Phi) is 6.87. The van der Waals surface area contributed by atoms with E-state index in [1.54, 1.807) is 20.8 Å². The lowest BCUT2D eigenvalue weighted by Crippen LogP contribution is -2.47. The summed E-state index contributed by atoms with van der Waals surface area (Å²) in [5, 5.41) is 18.4. The molecule has 146 valence electrons. The second-order valence-electron chi connectivity index (χ2n) is 6.91. The Morgan fingerprint density at radius 3 is 2.11 bits per heavy atom. The standard InChI is InChI=1S/C19H23NO7/c1-11(2)18(26)27-9-8-20(19(3,4)5)15(21)13-7-6-12(16(22)23)10-14(13)17(24)25/h6-7,10H,1,8-9H2,2-5H3,(H,22,23)(H,24,25). The van der Waals surface area contributed by atoms with Crippen LogP contribution in [-0.2, 0) is 9.53 Å². The highest BCUT2D eigenvalue weighted by atomic mass is 16.5. The number of carbonyl (C=O) groups is 4. The number of carboxylic acid groups (broad SMARTS) is 2. The SMILES string of the molecule is C=C(C)C(=O)OCCN(C(=O)c1ccc(C(=O)O)cc1C(=O)O)C(C)(C)C. The van der Waals surface area contributed by atoms with Crippen LogP contribution in [0, 0.1) is 0 Å². The molecule has 0 aliphatic rings. The third-order valence-corrected chi connectivity index (χ3v) is 3.68. The summed E-state index contributed by atoms with van der Waals surface area (Å²) in [5.41, 5.74) is -1.27. The molecule has 8 heteroatoms. The minimum absolute atomic E-state index is 0.0289. The van der Waals surface area contributed by atoms with E-state index in [1.165, 1.54) is 24.0 Å². The normalized spacial score (nSPS) is 10.8. The number of hydrogen-bond acceptors (Lipinski definition) is 5. The number of aromatic carboxylic acids is 2. The van der Waals surface area contributed by atoms with Crippen molar-refractivity contribution in [2.45, 2.75) is 33.2 Å². The van der Waals surface area contributed by atoms with Gasteiger partial charge in [0.2, 0.25) is 0 Å². The number of amides is 1. The molecule has 0 atom stereocenters. The van der Waals surface area contributed by atoms with Crippen LogP contribution in [0.2, 0.25) is 0 Å². The number of carbonyl (C=O) groups excluding carboxylic acids is 2. The lowest BCUT2D eigenvalue weighted by Gasteiger charge is -2.36. The fraction of sp³-hybridized carbons (Fsp3) is 0.368. The van der Waals surface area contributed by atoms with Crippen molar-refractivity contribution in [2.75, 3.05) is 13.2 Å². The monoisotopic (exact) mass is 377 g/mol. The van der Waals surface area contributed by atoms with Crippen LogP contribution >= 0.6 is 0 Å². The molecule has 8 nitrogen and oxygen atoms in total. The zero-order chi connectivity index (χ0) is 20.9. The fourth-order valence-electron chi connectivity index (χ4n) is 2.28. The summed E-state index contributed by atoms with van der Waals surface area (Å²) in [6, 6.07) is 3.29. The van der Waals surface area contributed by atoms with E-state index < -0.39 is 34.9 Å². The molecule has 0 radical (unpaired) electrons. The largest absolute Gasteiger partial charge is 0.478 e. The molecule has 2 N–H and O–H groups in total. The summed E-state index contributed by atoms with van der Waals surface area (Å²) in [7, 11) is 0. The maximum Gasteiger partial charge on any atom is 0.336 e. The summed E-state index contributed by atoms with van der Waals surface area (Å²) < 4.78 is 5.02. The van der Waals surface area contributed by atoms with Crippen molar-refractivity contribution in [1.82, 2.24) is 4.90 Å². The fourth-order valence-corrected chi connectivity index (χ4v) is 2.28. The van der Waals surface area contributed by atoms with Crippen molar-refractivity contribution in [3.8, 4) is 0 Å². The highest BCUT2D eigenvalue weighted by Gasteiger charge is 2.30. The first-order valence-corrected chi connectivity index (χ1v) is 8.11. The molecule has 0 heterocycles. The first-order chi connectivity index (χ1) is 12.4. The molecule has 0 aliphatic carbocycles. The van der Waals surface area contributed by atoms with Gasteiger partial charge in [0, 0.05) is 11.1 Å². The van der Waals surface area contributed by atoms with E-state index >= 15 is 0 Å². The Bertz CT molecular complexity index is 790. The average Bonchev–Trinajstić information content (AvgIpc) is 2.55. The van der Waals surface area contributed by atoms with E-state index in [9.17, 15) is 24.3 Å². The van der Waals surface area contributed by atoms with Gasteiger partial charge in [-0.1, -0.05) is 6.58 Å². The van der Waals surface area contributed by atoms with Crippen molar-refractivity contribution < 1.29 is 34.1 Å². The number of carboxylic acids is 2. The summed E-state index contributed by atoms with van der Waals surface area (Å²) >= 11 is 0. The van der Waals surface area contributed by atoms with Gasteiger partial charge in [0.05, 0.1) is 23.2 Å². The quantitative estimate of drug-likeness (QED) is 0.553. The smallest absolute Gasteiger partial charge is 0.336 e. The molecule has 0 unspecified atom stereocenters. The van der Waals surface area contributed by atoms with Gasteiger partial charge in [-0.25, -0.2) is 14.4 Å². The maximum atomic E-state index is 13.0. The number of ether oxygens (including phenoxy) is 1. The maximum absolute atomic E-state index is 13.0. The Hall–Kier alpha value is -3.16. The van der Waals surface area contributed by atoms with Crippen molar-refractivity contribution in [2.24, 2.45) is 0 Å². The number of hydrogen-bond donors (Lipinski definition) is 2. The molecule has 1 aromatic carbocycles. The lowest BCUT2D eigenvalue weighted by atomic mass is 9.99. The van der Waals surface area contributed by atoms with Crippen molar-refractivity contribution in [3.63, 3.8) is 0 Å². The lowest BCUT2D eigenvalue weighted by molar-refractivity contribution is -0.139. The molecule has 27 heavy (non-hydrogen) atoms. The molecule has 1 amide bonds. The molecule has 0 saturated carbocycles. The van der Waals surface area contributed by atoms with Gasteiger partial charge in [0.25, 0.3) is 5.91 Å². The summed E-state index contributed by atoms with van der Waals surface area (Å²) in [6.45, 7) is 10.1. The highest BCUT2D eigenvalue weighted by molar-refractivity contribution is 6.06. The van der Waals surface area contributed by atoms with E-state index in [4.69, 9.17) is 9.84 Å². The minimum atomic E-state index is -1.41.